The molecule has 142 valence electrons. The zero-order valence-electron chi connectivity index (χ0n) is 15.4. The van der Waals surface area contributed by atoms with Gasteiger partial charge in [-0.05, 0) is 39.3 Å². The van der Waals surface area contributed by atoms with Crippen LogP contribution in [-0.4, -0.2) is 30.1 Å². The molecule has 0 bridgehead atoms. The highest BCUT2D eigenvalue weighted by atomic mass is 79.9. The fourth-order valence-corrected chi connectivity index (χ4v) is 5.00. The number of halogens is 1. The Morgan fingerprint density at radius 3 is 2.38 bits per heavy atom. The summed E-state index contributed by atoms with van der Waals surface area (Å²) in [5.41, 5.74) is 1.82. The lowest BCUT2D eigenvalue weighted by molar-refractivity contribution is -0.123. The summed E-state index contributed by atoms with van der Waals surface area (Å²) in [7, 11) is -2.18. The Bertz CT molecular complexity index is 924. The van der Waals surface area contributed by atoms with Crippen LogP contribution in [0.25, 0.3) is 0 Å². The molecule has 0 spiro atoms. The third kappa shape index (κ3) is 4.33. The lowest BCUT2D eigenvalue weighted by atomic mass is 10.1. The number of aryl methyl sites for hydroxylation is 2. The van der Waals surface area contributed by atoms with Crippen molar-refractivity contribution in [1.82, 2.24) is 19.8 Å². The Morgan fingerprint density at radius 1 is 1.23 bits per heavy atom. The topological polar surface area (TPSA) is 93.1 Å². The van der Waals surface area contributed by atoms with Gasteiger partial charge in [0.15, 0.2) is 0 Å². The number of aromatic nitrogens is 2. The molecule has 0 aliphatic rings. The summed E-state index contributed by atoms with van der Waals surface area (Å²) in [4.78, 5) is 12.6. The molecule has 0 saturated carbocycles. The number of rotatable bonds is 6. The van der Waals surface area contributed by atoms with Crippen molar-refractivity contribution < 1.29 is 13.2 Å². The predicted molar refractivity (Wildman–Crippen MR) is 103 cm³/mol. The van der Waals surface area contributed by atoms with Crippen LogP contribution in [0.3, 0.4) is 0 Å². The van der Waals surface area contributed by atoms with E-state index in [2.05, 4.69) is 31.1 Å². The molecular weight excluding hydrogens is 420 g/mol. The molecule has 1 amide bonds. The van der Waals surface area contributed by atoms with Crippen LogP contribution in [0.2, 0.25) is 0 Å². The quantitative estimate of drug-likeness (QED) is 0.717. The highest BCUT2D eigenvalue weighted by Gasteiger charge is 2.28. The minimum atomic E-state index is -3.86. The van der Waals surface area contributed by atoms with E-state index in [1.807, 2.05) is 31.2 Å². The fraction of sp³-hybridized carbons (Fsp3) is 0.412. The van der Waals surface area contributed by atoms with Gasteiger partial charge in [0.25, 0.3) is 0 Å². The van der Waals surface area contributed by atoms with Crippen molar-refractivity contribution >= 4 is 31.9 Å². The second-order valence-corrected chi connectivity index (χ2v) is 8.72. The van der Waals surface area contributed by atoms with Crippen LogP contribution < -0.4 is 10.0 Å². The number of carbonyl (C=O) groups is 1. The molecule has 1 heterocycles. The summed E-state index contributed by atoms with van der Waals surface area (Å²) >= 11 is 3.45. The number of carbonyl (C=O) groups excluding carboxylic acids is 1. The first kappa shape index (κ1) is 20.6. The summed E-state index contributed by atoms with van der Waals surface area (Å²) in [5, 5.41) is 6.95. The highest BCUT2D eigenvalue weighted by molar-refractivity contribution is 9.10. The molecule has 7 nitrogen and oxygen atoms in total. The van der Waals surface area contributed by atoms with Crippen molar-refractivity contribution in [2.24, 2.45) is 7.05 Å². The predicted octanol–water partition coefficient (Wildman–Crippen LogP) is 2.34. The van der Waals surface area contributed by atoms with Crippen LogP contribution in [-0.2, 0) is 21.9 Å². The number of sulfonamides is 1. The Balaban J connectivity index is 2.12. The molecule has 1 aromatic carbocycles. The van der Waals surface area contributed by atoms with Crippen molar-refractivity contribution in [2.75, 3.05) is 0 Å². The maximum atomic E-state index is 12.7. The maximum Gasteiger partial charge on any atom is 0.244 e. The van der Waals surface area contributed by atoms with Gasteiger partial charge in [0.05, 0.1) is 23.5 Å². The highest BCUT2D eigenvalue weighted by Crippen LogP contribution is 2.23. The molecule has 2 aromatic rings. The van der Waals surface area contributed by atoms with E-state index >= 15 is 0 Å². The van der Waals surface area contributed by atoms with Gasteiger partial charge in [0.1, 0.15) is 4.90 Å². The van der Waals surface area contributed by atoms with Crippen LogP contribution >= 0.6 is 15.9 Å². The van der Waals surface area contributed by atoms with Gasteiger partial charge in [-0.15, -0.1) is 0 Å². The summed E-state index contributed by atoms with van der Waals surface area (Å²) in [6.45, 7) is 6.66. The number of hydrogen-bond donors (Lipinski definition) is 2. The van der Waals surface area contributed by atoms with Gasteiger partial charge in [0, 0.05) is 11.5 Å². The zero-order chi connectivity index (χ0) is 19.6. The average Bonchev–Trinajstić information content (AvgIpc) is 2.80. The molecule has 0 unspecified atom stereocenters. The van der Waals surface area contributed by atoms with Crippen LogP contribution in [0.5, 0.6) is 0 Å². The molecule has 26 heavy (non-hydrogen) atoms. The molecule has 0 radical (unpaired) electrons. The van der Waals surface area contributed by atoms with Gasteiger partial charge in [0.2, 0.25) is 15.9 Å². The second-order valence-electron chi connectivity index (χ2n) is 6.22. The van der Waals surface area contributed by atoms with E-state index < -0.39 is 22.0 Å². The smallest absolute Gasteiger partial charge is 0.244 e. The fourth-order valence-electron chi connectivity index (χ4n) is 2.73. The van der Waals surface area contributed by atoms with Gasteiger partial charge in [-0.1, -0.05) is 34.1 Å². The van der Waals surface area contributed by atoms with Crippen LogP contribution in [0.1, 0.15) is 36.8 Å². The van der Waals surface area contributed by atoms with Crippen molar-refractivity contribution in [1.29, 1.82) is 0 Å². The van der Waals surface area contributed by atoms with Gasteiger partial charge in [-0.25, -0.2) is 8.42 Å². The van der Waals surface area contributed by atoms with E-state index in [0.29, 0.717) is 11.4 Å². The van der Waals surface area contributed by atoms with Gasteiger partial charge in [-0.3, -0.25) is 9.48 Å². The first-order valence-electron chi connectivity index (χ1n) is 8.12. The average molecular weight is 443 g/mol. The first-order chi connectivity index (χ1) is 12.0. The molecule has 0 aliphatic carbocycles. The van der Waals surface area contributed by atoms with E-state index in [0.717, 1.165) is 10.0 Å². The standard InChI is InChI=1S/C17H23BrN4O3S/c1-10(14-8-6-7-9-15(14)18)19-17(23)12(3)21-26(24,25)16-11(2)20-22(5)13(16)4/h6-10,12,21H,1-5H3,(H,19,23)/t10-,12+/m0/s1. The molecule has 0 aliphatic heterocycles. The Morgan fingerprint density at radius 2 is 1.85 bits per heavy atom. The lowest BCUT2D eigenvalue weighted by Crippen LogP contribution is -2.45. The largest absolute Gasteiger partial charge is 0.348 e. The zero-order valence-corrected chi connectivity index (χ0v) is 17.8. The lowest BCUT2D eigenvalue weighted by Gasteiger charge is -2.20. The van der Waals surface area contributed by atoms with Gasteiger partial charge in [-0.2, -0.15) is 9.82 Å². The molecule has 2 atom stereocenters. The molecule has 9 heteroatoms. The number of nitrogens with zero attached hydrogens (tertiary/aromatic N) is 2. The van der Waals surface area contributed by atoms with E-state index in [1.165, 1.54) is 11.6 Å². The van der Waals surface area contributed by atoms with Crippen molar-refractivity contribution in [3.63, 3.8) is 0 Å². The van der Waals surface area contributed by atoms with Crippen molar-refractivity contribution in [3.8, 4) is 0 Å². The molecule has 0 fully saturated rings. The second kappa shape index (κ2) is 7.89. The van der Waals surface area contributed by atoms with E-state index in [-0.39, 0.29) is 10.9 Å². The minimum absolute atomic E-state index is 0.110. The third-order valence-electron chi connectivity index (χ3n) is 4.17. The first-order valence-corrected chi connectivity index (χ1v) is 10.4. The minimum Gasteiger partial charge on any atom is -0.348 e. The summed E-state index contributed by atoms with van der Waals surface area (Å²) in [6, 6.07) is 6.35. The third-order valence-corrected chi connectivity index (χ3v) is 6.68. The monoisotopic (exact) mass is 442 g/mol. The Hall–Kier alpha value is -1.71. The van der Waals surface area contributed by atoms with Gasteiger partial charge < -0.3 is 5.32 Å². The van der Waals surface area contributed by atoms with Crippen LogP contribution in [0.4, 0.5) is 0 Å². The van der Waals surface area contributed by atoms with Crippen LogP contribution in [0, 0.1) is 13.8 Å². The van der Waals surface area contributed by atoms with Crippen LogP contribution in [0.15, 0.2) is 33.6 Å². The molecule has 0 saturated heterocycles. The summed E-state index contributed by atoms with van der Waals surface area (Å²) in [5.74, 6) is -0.406. The SMILES string of the molecule is Cc1nn(C)c(C)c1S(=O)(=O)N[C@H](C)C(=O)N[C@@H](C)c1ccccc1Br. The van der Waals surface area contributed by atoms with E-state index in [1.54, 1.807) is 20.9 Å². The van der Waals surface area contributed by atoms with Gasteiger partial charge >= 0.3 is 0 Å². The summed E-state index contributed by atoms with van der Waals surface area (Å²) < 4.78 is 30.1. The molecular formula is C17H23BrN4O3S. The van der Waals surface area contributed by atoms with E-state index in [4.69, 9.17) is 0 Å². The number of benzene rings is 1. The van der Waals surface area contributed by atoms with Crippen molar-refractivity contribution in [2.45, 2.75) is 44.7 Å². The number of amides is 1. The number of hydrogen-bond acceptors (Lipinski definition) is 4. The Labute approximate surface area is 162 Å². The maximum absolute atomic E-state index is 12.7. The molecule has 2 rings (SSSR count). The Kier molecular flexibility index (Phi) is 6.25. The molecule has 2 N–H and O–H groups in total. The van der Waals surface area contributed by atoms with E-state index in [9.17, 15) is 13.2 Å². The normalized spacial score (nSPS) is 14.1. The van der Waals surface area contributed by atoms with Crippen molar-refractivity contribution in [3.05, 3.63) is 45.7 Å². The molecule has 1 aromatic heterocycles. The summed E-state index contributed by atoms with van der Waals surface area (Å²) in [6.07, 6.45) is 0. The number of nitrogens with one attached hydrogen (secondary N) is 2.